The molecule has 0 aromatic heterocycles. The Kier molecular flexibility index (Phi) is 3.40. The summed E-state index contributed by atoms with van der Waals surface area (Å²) in [5.41, 5.74) is 0. The average molecular weight is 230 g/mol. The molecule has 0 fully saturated rings. The molecule has 0 saturated heterocycles. The van der Waals surface area contributed by atoms with Crippen molar-refractivity contribution in [3.63, 3.8) is 0 Å². The van der Waals surface area contributed by atoms with Crippen molar-refractivity contribution in [1.82, 2.24) is 10.0 Å². The summed E-state index contributed by atoms with van der Waals surface area (Å²) < 4.78 is 23.0. The van der Waals surface area contributed by atoms with Crippen molar-refractivity contribution >= 4 is 15.9 Å². The van der Waals surface area contributed by atoms with Crippen molar-refractivity contribution in [2.75, 3.05) is 0 Å². The van der Waals surface area contributed by atoms with Crippen LogP contribution in [-0.4, -0.2) is 24.7 Å². The lowest BCUT2D eigenvalue weighted by atomic mass is 10.4. The highest BCUT2D eigenvalue weighted by Crippen LogP contribution is 2.06. The number of benzene rings is 1. The number of rotatable bonds is 3. The molecule has 1 rings (SSSR count). The first-order valence-corrected chi connectivity index (χ1v) is 5.49. The number of hydrazine groups is 1. The Morgan fingerprint density at radius 3 is 2.33 bits per heavy atom. The van der Waals surface area contributed by atoms with Crippen molar-refractivity contribution in [2.45, 2.75) is 11.8 Å². The van der Waals surface area contributed by atoms with Gasteiger partial charge in [-0.3, -0.25) is 10.0 Å². The zero-order valence-electron chi connectivity index (χ0n) is 7.91. The largest absolute Gasteiger partial charge is 0.271 e. The normalized spacial score (nSPS) is 11.1. The van der Waals surface area contributed by atoms with Gasteiger partial charge in [0.15, 0.2) is 0 Å². The fourth-order valence-corrected chi connectivity index (χ4v) is 1.81. The van der Waals surface area contributed by atoms with Gasteiger partial charge in [-0.1, -0.05) is 23.0 Å². The Morgan fingerprint density at radius 1 is 1.33 bits per heavy atom. The molecule has 0 atom stereocenters. The van der Waals surface area contributed by atoms with Gasteiger partial charge in [-0.05, 0) is 12.1 Å². The molecule has 0 heterocycles. The summed E-state index contributed by atoms with van der Waals surface area (Å²) in [6.07, 6.45) is 0. The monoisotopic (exact) mass is 230 g/mol. The van der Waals surface area contributed by atoms with Crippen molar-refractivity contribution < 1.29 is 18.4 Å². The van der Waals surface area contributed by atoms with E-state index >= 15 is 0 Å². The first-order chi connectivity index (χ1) is 6.93. The second kappa shape index (κ2) is 4.39. The van der Waals surface area contributed by atoms with Crippen molar-refractivity contribution in [1.29, 1.82) is 0 Å². The number of hydrogen-bond acceptors (Lipinski definition) is 4. The van der Waals surface area contributed by atoms with Crippen LogP contribution in [0.1, 0.15) is 6.92 Å². The number of amides is 1. The summed E-state index contributed by atoms with van der Waals surface area (Å²) >= 11 is 0. The van der Waals surface area contributed by atoms with Gasteiger partial charge in [0.2, 0.25) is 0 Å². The lowest BCUT2D eigenvalue weighted by Gasteiger charge is -2.13. The Balaban J connectivity index is 2.91. The van der Waals surface area contributed by atoms with E-state index in [2.05, 4.69) is 0 Å². The summed E-state index contributed by atoms with van der Waals surface area (Å²) in [5.74, 6) is -0.825. The zero-order valence-corrected chi connectivity index (χ0v) is 8.73. The predicted octanol–water partition coefficient (Wildman–Crippen LogP) is 0.118. The smallest absolute Gasteiger partial charge is 0.259 e. The Bertz CT molecular complexity index is 443. The van der Waals surface area contributed by atoms with E-state index in [4.69, 9.17) is 5.21 Å². The first-order valence-electron chi connectivity index (χ1n) is 4.00. The maximum atomic E-state index is 11.5. The maximum absolute atomic E-state index is 11.5. The van der Waals surface area contributed by atoms with E-state index in [-0.39, 0.29) is 10.1 Å². The molecule has 1 aromatic carbocycles. The molecule has 15 heavy (non-hydrogen) atoms. The van der Waals surface area contributed by atoms with Crippen LogP contribution in [0.5, 0.6) is 0 Å². The highest BCUT2D eigenvalue weighted by atomic mass is 32.2. The van der Waals surface area contributed by atoms with E-state index < -0.39 is 15.9 Å². The molecule has 0 spiro atoms. The van der Waals surface area contributed by atoms with Crippen LogP contribution in [0, 0.1) is 0 Å². The number of hydrogen-bond donors (Lipinski definition) is 2. The van der Waals surface area contributed by atoms with Gasteiger partial charge in [0.25, 0.3) is 15.9 Å². The fraction of sp³-hybridized carbons (Fsp3) is 0.125. The van der Waals surface area contributed by atoms with Gasteiger partial charge < -0.3 is 0 Å². The van der Waals surface area contributed by atoms with Crippen LogP contribution >= 0.6 is 0 Å². The van der Waals surface area contributed by atoms with Crippen LogP contribution in [0.4, 0.5) is 0 Å². The molecular weight excluding hydrogens is 220 g/mol. The van der Waals surface area contributed by atoms with Crippen LogP contribution in [-0.2, 0) is 14.8 Å². The summed E-state index contributed by atoms with van der Waals surface area (Å²) in [4.78, 5) is 12.2. The average Bonchev–Trinajstić information content (AvgIpc) is 2.18. The van der Waals surface area contributed by atoms with Gasteiger partial charge in [-0.2, -0.15) is 0 Å². The maximum Gasteiger partial charge on any atom is 0.259 e. The van der Waals surface area contributed by atoms with E-state index in [1.165, 1.54) is 24.3 Å². The molecule has 2 N–H and O–H groups in total. The molecule has 0 radical (unpaired) electrons. The van der Waals surface area contributed by atoms with Crippen molar-refractivity contribution in [3.8, 4) is 0 Å². The van der Waals surface area contributed by atoms with E-state index in [1.54, 1.807) is 10.9 Å². The second-order valence-corrected chi connectivity index (χ2v) is 4.40. The molecule has 7 heteroatoms. The molecule has 6 nitrogen and oxygen atoms in total. The number of nitrogens with zero attached hydrogens (tertiary/aromatic N) is 1. The molecule has 0 unspecified atom stereocenters. The number of nitrogens with one attached hydrogen (secondary N) is 1. The lowest BCUT2D eigenvalue weighted by molar-refractivity contribution is -0.169. The second-order valence-electron chi connectivity index (χ2n) is 2.74. The molecule has 1 amide bonds. The Hall–Kier alpha value is -1.44. The summed E-state index contributed by atoms with van der Waals surface area (Å²) in [6, 6.07) is 7.40. The van der Waals surface area contributed by atoms with E-state index in [9.17, 15) is 13.2 Å². The van der Waals surface area contributed by atoms with E-state index in [0.29, 0.717) is 0 Å². The highest BCUT2D eigenvalue weighted by molar-refractivity contribution is 7.89. The minimum Gasteiger partial charge on any atom is -0.271 e. The van der Waals surface area contributed by atoms with Gasteiger partial charge in [0.05, 0.1) is 4.90 Å². The standard InChI is InChI=1S/C8H10N2O4S/c1-7(11)10(12)9-15(13,14)8-5-3-2-4-6-8/h2-6,9,12H,1H3. The quantitative estimate of drug-likeness (QED) is 0.570. The number of sulfonamides is 1. The van der Waals surface area contributed by atoms with Crippen LogP contribution in [0.2, 0.25) is 0 Å². The number of carbonyl (C=O) groups is 1. The Labute approximate surface area is 87.1 Å². The first kappa shape index (κ1) is 11.6. The summed E-state index contributed by atoms with van der Waals surface area (Å²) in [6.45, 7) is 1.02. The van der Waals surface area contributed by atoms with Crippen molar-refractivity contribution in [2.24, 2.45) is 0 Å². The van der Waals surface area contributed by atoms with Crippen molar-refractivity contribution in [3.05, 3.63) is 30.3 Å². The van der Waals surface area contributed by atoms with E-state index in [0.717, 1.165) is 6.92 Å². The third-order valence-electron chi connectivity index (χ3n) is 1.56. The zero-order chi connectivity index (χ0) is 11.5. The van der Waals surface area contributed by atoms with Crippen LogP contribution in [0.3, 0.4) is 0 Å². The topological polar surface area (TPSA) is 86.7 Å². The predicted molar refractivity (Wildman–Crippen MR) is 51.1 cm³/mol. The molecule has 0 aliphatic rings. The van der Waals surface area contributed by atoms with Gasteiger partial charge in [0, 0.05) is 6.92 Å². The van der Waals surface area contributed by atoms with Gasteiger partial charge in [0.1, 0.15) is 0 Å². The molecule has 0 aliphatic carbocycles. The van der Waals surface area contributed by atoms with Crippen LogP contribution in [0.25, 0.3) is 0 Å². The molecule has 1 aromatic rings. The minimum atomic E-state index is -3.90. The summed E-state index contributed by atoms with van der Waals surface area (Å²) in [5, 5.41) is 8.84. The minimum absolute atomic E-state index is 0.0368. The Morgan fingerprint density at radius 2 is 1.87 bits per heavy atom. The fourth-order valence-electron chi connectivity index (χ4n) is 0.830. The highest BCUT2D eigenvalue weighted by Gasteiger charge is 2.18. The van der Waals surface area contributed by atoms with Gasteiger partial charge >= 0.3 is 0 Å². The van der Waals surface area contributed by atoms with Crippen LogP contribution in [0.15, 0.2) is 35.2 Å². The van der Waals surface area contributed by atoms with Gasteiger partial charge in [-0.25, -0.2) is 8.42 Å². The third-order valence-corrected chi connectivity index (χ3v) is 2.86. The van der Waals surface area contributed by atoms with Crippen LogP contribution < -0.4 is 4.83 Å². The molecular formula is C8H10N2O4S. The lowest BCUT2D eigenvalue weighted by Crippen LogP contribution is -2.42. The summed E-state index contributed by atoms with van der Waals surface area (Å²) in [7, 11) is -3.90. The van der Waals surface area contributed by atoms with Gasteiger partial charge in [-0.15, -0.1) is 5.17 Å². The molecule has 0 aliphatic heterocycles. The third kappa shape index (κ3) is 3.01. The SMILES string of the molecule is CC(=O)N(O)NS(=O)(=O)c1ccccc1. The molecule has 82 valence electrons. The number of carbonyl (C=O) groups excluding carboxylic acids is 1. The number of hydroxylamine groups is 1. The van der Waals surface area contributed by atoms with E-state index in [1.807, 2.05) is 0 Å². The molecule has 0 saturated carbocycles. The molecule has 0 bridgehead atoms.